The van der Waals surface area contributed by atoms with Gasteiger partial charge in [0.1, 0.15) is 0 Å². The van der Waals surface area contributed by atoms with Crippen molar-refractivity contribution in [1.29, 1.82) is 0 Å². The zero-order chi connectivity index (χ0) is 9.97. The van der Waals surface area contributed by atoms with Crippen molar-refractivity contribution in [2.75, 3.05) is 19.7 Å². The first-order valence-electron chi connectivity index (χ1n) is 5.44. The largest absolute Gasteiger partial charge is 0.395 e. The third-order valence-electron chi connectivity index (χ3n) is 3.25. The topological polar surface area (TPSA) is 52.6 Å². The monoisotopic (exact) mass is 198 g/mol. The van der Waals surface area contributed by atoms with Crippen LogP contribution in [0.15, 0.2) is 0 Å². The van der Waals surface area contributed by atoms with Gasteiger partial charge in [0.25, 0.3) is 0 Å². The highest BCUT2D eigenvalue weighted by Crippen LogP contribution is 2.18. The maximum absolute atomic E-state index is 11.0. The molecule has 2 aliphatic rings. The van der Waals surface area contributed by atoms with Crippen molar-refractivity contribution in [2.45, 2.75) is 37.8 Å². The van der Waals surface area contributed by atoms with Gasteiger partial charge in [0.15, 0.2) is 0 Å². The number of carbonyl (C=O) groups is 1. The summed E-state index contributed by atoms with van der Waals surface area (Å²) >= 11 is 0. The van der Waals surface area contributed by atoms with Crippen LogP contribution < -0.4 is 5.32 Å². The van der Waals surface area contributed by atoms with Crippen LogP contribution in [0.5, 0.6) is 0 Å². The summed E-state index contributed by atoms with van der Waals surface area (Å²) in [6.45, 7) is 2.23. The van der Waals surface area contributed by atoms with Crippen molar-refractivity contribution < 1.29 is 9.90 Å². The number of amides is 1. The fraction of sp³-hybridized carbons (Fsp3) is 0.900. The predicted molar refractivity (Wildman–Crippen MR) is 52.8 cm³/mol. The van der Waals surface area contributed by atoms with Crippen molar-refractivity contribution in [3.05, 3.63) is 0 Å². The third kappa shape index (κ3) is 2.07. The molecule has 4 heteroatoms. The van der Waals surface area contributed by atoms with Crippen LogP contribution in [0.1, 0.15) is 25.7 Å². The molecular weight excluding hydrogens is 180 g/mol. The molecule has 0 aromatic heterocycles. The van der Waals surface area contributed by atoms with Crippen LogP contribution >= 0.6 is 0 Å². The van der Waals surface area contributed by atoms with Crippen molar-refractivity contribution in [3.63, 3.8) is 0 Å². The van der Waals surface area contributed by atoms with Gasteiger partial charge in [-0.25, -0.2) is 0 Å². The predicted octanol–water partition coefficient (Wildman–Crippen LogP) is -0.278. The second-order valence-electron chi connectivity index (χ2n) is 4.28. The number of nitrogens with one attached hydrogen (secondary N) is 1. The van der Waals surface area contributed by atoms with Gasteiger partial charge in [-0.05, 0) is 25.8 Å². The Morgan fingerprint density at radius 2 is 2.36 bits per heavy atom. The van der Waals surface area contributed by atoms with Crippen molar-refractivity contribution in [3.8, 4) is 0 Å². The molecule has 0 radical (unpaired) electrons. The maximum Gasteiger partial charge on any atom is 0.220 e. The molecule has 80 valence electrons. The smallest absolute Gasteiger partial charge is 0.220 e. The van der Waals surface area contributed by atoms with Crippen LogP contribution in [0.3, 0.4) is 0 Å². The van der Waals surface area contributed by atoms with Gasteiger partial charge in [-0.15, -0.1) is 0 Å². The number of hydrogen-bond donors (Lipinski definition) is 2. The minimum atomic E-state index is 0.176. The van der Waals surface area contributed by atoms with Gasteiger partial charge >= 0.3 is 0 Å². The van der Waals surface area contributed by atoms with Crippen LogP contribution in [-0.2, 0) is 4.79 Å². The molecule has 2 saturated heterocycles. The molecule has 2 fully saturated rings. The van der Waals surface area contributed by atoms with Crippen LogP contribution in [0, 0.1) is 0 Å². The van der Waals surface area contributed by atoms with Crippen LogP contribution in [0.4, 0.5) is 0 Å². The lowest BCUT2D eigenvalue weighted by atomic mass is 10.2. The fourth-order valence-electron chi connectivity index (χ4n) is 2.44. The lowest BCUT2D eigenvalue weighted by molar-refractivity contribution is -0.119. The van der Waals surface area contributed by atoms with E-state index < -0.39 is 0 Å². The molecule has 0 aromatic carbocycles. The molecule has 0 bridgehead atoms. The Hall–Kier alpha value is -0.610. The van der Waals surface area contributed by atoms with Gasteiger partial charge in [-0.3, -0.25) is 9.69 Å². The van der Waals surface area contributed by atoms with E-state index in [1.807, 2.05) is 0 Å². The highest BCUT2D eigenvalue weighted by molar-refractivity contribution is 5.78. The molecule has 1 amide bonds. The first kappa shape index (κ1) is 9.93. The maximum atomic E-state index is 11.0. The summed E-state index contributed by atoms with van der Waals surface area (Å²) in [6.07, 6.45) is 3.89. The molecule has 0 saturated carbocycles. The summed E-state index contributed by atoms with van der Waals surface area (Å²) in [4.78, 5) is 13.3. The van der Waals surface area contributed by atoms with Crippen LogP contribution in [0.2, 0.25) is 0 Å². The number of likely N-dealkylation sites (tertiary alicyclic amines) is 1. The summed E-state index contributed by atoms with van der Waals surface area (Å²) < 4.78 is 0. The molecule has 0 spiro atoms. The normalized spacial score (nSPS) is 33.6. The number of rotatable bonds is 3. The number of aliphatic hydroxyl groups is 1. The summed E-state index contributed by atoms with van der Waals surface area (Å²) in [7, 11) is 0. The standard InChI is InChI=1S/C10H18N2O2/c13-7-9-2-1-5-12(9)6-8-3-4-10(14)11-8/h8-9,13H,1-7H2,(H,11,14)/t8?,9-/m0/s1. The summed E-state index contributed by atoms with van der Waals surface area (Å²) in [6, 6.07) is 0.641. The van der Waals surface area contributed by atoms with E-state index in [0.29, 0.717) is 18.5 Å². The molecule has 4 nitrogen and oxygen atoms in total. The molecule has 0 aromatic rings. The molecule has 14 heavy (non-hydrogen) atoms. The number of carbonyl (C=O) groups excluding carboxylic acids is 1. The lowest BCUT2D eigenvalue weighted by Crippen LogP contribution is -2.42. The Bertz CT molecular complexity index is 220. The number of aliphatic hydroxyl groups excluding tert-OH is 1. The summed E-state index contributed by atoms with van der Waals surface area (Å²) in [5, 5.41) is 12.1. The Kier molecular flexibility index (Phi) is 3.03. The molecular formula is C10H18N2O2. The van der Waals surface area contributed by atoms with E-state index in [0.717, 1.165) is 25.9 Å². The summed E-state index contributed by atoms with van der Waals surface area (Å²) in [5.41, 5.74) is 0. The Morgan fingerprint density at radius 1 is 1.50 bits per heavy atom. The fourth-order valence-corrected chi connectivity index (χ4v) is 2.44. The average Bonchev–Trinajstić information content (AvgIpc) is 2.76. The molecule has 2 rings (SSSR count). The average molecular weight is 198 g/mol. The van der Waals surface area contributed by atoms with Crippen LogP contribution in [0.25, 0.3) is 0 Å². The van der Waals surface area contributed by atoms with Crippen molar-refractivity contribution in [1.82, 2.24) is 10.2 Å². The Morgan fingerprint density at radius 3 is 3.00 bits per heavy atom. The molecule has 2 atom stereocenters. The summed E-state index contributed by atoms with van der Waals surface area (Å²) in [5.74, 6) is 0.176. The van der Waals surface area contributed by atoms with Gasteiger partial charge in [-0.2, -0.15) is 0 Å². The molecule has 2 aliphatic heterocycles. The Balaban J connectivity index is 1.81. The van der Waals surface area contributed by atoms with Gasteiger partial charge in [0.05, 0.1) is 6.61 Å². The second-order valence-corrected chi connectivity index (χ2v) is 4.28. The van der Waals surface area contributed by atoms with Crippen molar-refractivity contribution in [2.24, 2.45) is 0 Å². The highest BCUT2D eigenvalue weighted by Gasteiger charge is 2.28. The number of hydrogen-bond acceptors (Lipinski definition) is 3. The number of nitrogens with zero attached hydrogens (tertiary/aromatic N) is 1. The SMILES string of the molecule is O=C1CCC(CN2CCC[C@H]2CO)N1. The first-order chi connectivity index (χ1) is 6.79. The lowest BCUT2D eigenvalue weighted by Gasteiger charge is -2.25. The van der Waals surface area contributed by atoms with E-state index in [4.69, 9.17) is 5.11 Å². The minimum Gasteiger partial charge on any atom is -0.395 e. The first-order valence-corrected chi connectivity index (χ1v) is 5.44. The molecule has 1 unspecified atom stereocenters. The minimum absolute atomic E-state index is 0.176. The third-order valence-corrected chi connectivity index (χ3v) is 3.25. The molecule has 0 aliphatic carbocycles. The van der Waals surface area contributed by atoms with E-state index in [1.54, 1.807) is 0 Å². The van der Waals surface area contributed by atoms with E-state index in [1.165, 1.54) is 6.42 Å². The van der Waals surface area contributed by atoms with Crippen LogP contribution in [-0.4, -0.2) is 47.7 Å². The van der Waals surface area contributed by atoms with E-state index >= 15 is 0 Å². The van der Waals surface area contributed by atoms with Gasteiger partial charge in [0.2, 0.25) is 5.91 Å². The van der Waals surface area contributed by atoms with Gasteiger partial charge in [-0.1, -0.05) is 0 Å². The van der Waals surface area contributed by atoms with E-state index in [2.05, 4.69) is 10.2 Å². The Labute approximate surface area is 84.3 Å². The van der Waals surface area contributed by atoms with Gasteiger partial charge < -0.3 is 10.4 Å². The zero-order valence-electron chi connectivity index (χ0n) is 8.41. The van der Waals surface area contributed by atoms with Gasteiger partial charge in [0, 0.05) is 25.0 Å². The van der Waals surface area contributed by atoms with E-state index in [-0.39, 0.29) is 12.5 Å². The highest BCUT2D eigenvalue weighted by atomic mass is 16.3. The quantitative estimate of drug-likeness (QED) is 0.656. The molecule has 2 heterocycles. The van der Waals surface area contributed by atoms with Crippen molar-refractivity contribution >= 4 is 5.91 Å². The zero-order valence-corrected chi connectivity index (χ0v) is 8.41. The second kappa shape index (κ2) is 4.28. The molecule has 2 N–H and O–H groups in total. The van der Waals surface area contributed by atoms with E-state index in [9.17, 15) is 4.79 Å².